The standard InChI is InChI=1S/C13H18F3N3O/c14-13(15,16)10-4-11(17)19-12(5-10)18-6-8-2-1-3-9(8)7-20/h4-5,8-9,20H,1-3,6-7H2,(H3,17,18,19). The van der Waals surface area contributed by atoms with Gasteiger partial charge in [-0.1, -0.05) is 6.42 Å². The maximum absolute atomic E-state index is 12.7. The van der Waals surface area contributed by atoms with Crippen LogP contribution in [0.15, 0.2) is 12.1 Å². The minimum atomic E-state index is -4.44. The number of rotatable bonds is 4. The van der Waals surface area contributed by atoms with Crippen molar-refractivity contribution in [2.24, 2.45) is 11.8 Å². The third-order valence-corrected chi connectivity index (χ3v) is 3.77. The summed E-state index contributed by atoms with van der Waals surface area (Å²) in [6.07, 6.45) is -1.47. The quantitative estimate of drug-likeness (QED) is 0.796. The monoisotopic (exact) mass is 289 g/mol. The number of nitrogens with zero attached hydrogens (tertiary/aromatic N) is 1. The SMILES string of the molecule is Nc1cc(C(F)(F)F)cc(NCC2CCCC2CO)n1. The normalized spacial score (nSPS) is 23.0. The second-order valence-corrected chi connectivity index (χ2v) is 5.18. The first-order valence-corrected chi connectivity index (χ1v) is 6.59. The van der Waals surface area contributed by atoms with Crippen LogP contribution in [0.3, 0.4) is 0 Å². The van der Waals surface area contributed by atoms with E-state index >= 15 is 0 Å². The summed E-state index contributed by atoms with van der Waals surface area (Å²) in [7, 11) is 0. The number of aromatic nitrogens is 1. The van der Waals surface area contributed by atoms with E-state index in [1.165, 1.54) is 0 Å². The van der Waals surface area contributed by atoms with E-state index in [0.717, 1.165) is 31.4 Å². The molecule has 2 atom stereocenters. The lowest BCUT2D eigenvalue weighted by molar-refractivity contribution is -0.137. The largest absolute Gasteiger partial charge is 0.416 e. The van der Waals surface area contributed by atoms with Crippen LogP contribution in [-0.4, -0.2) is 23.2 Å². The summed E-state index contributed by atoms with van der Waals surface area (Å²) in [5.74, 6) is 0.441. The predicted octanol–water partition coefficient (Wildman–Crippen LogP) is 2.50. The molecule has 2 unspecified atom stereocenters. The molecule has 1 heterocycles. The number of hydrogen-bond donors (Lipinski definition) is 3. The van der Waals surface area contributed by atoms with E-state index in [0.29, 0.717) is 6.54 Å². The van der Waals surface area contributed by atoms with Crippen molar-refractivity contribution in [3.05, 3.63) is 17.7 Å². The summed E-state index contributed by atoms with van der Waals surface area (Å²) in [4.78, 5) is 3.86. The number of nitrogens with one attached hydrogen (secondary N) is 1. The minimum absolute atomic E-state index is 0.116. The number of pyridine rings is 1. The number of aliphatic hydroxyl groups is 1. The average molecular weight is 289 g/mol. The topological polar surface area (TPSA) is 71.2 Å². The molecule has 112 valence electrons. The Labute approximate surface area is 115 Å². The lowest BCUT2D eigenvalue weighted by Crippen LogP contribution is -2.21. The summed E-state index contributed by atoms with van der Waals surface area (Å²) in [5, 5.41) is 12.1. The molecule has 1 aromatic rings. The van der Waals surface area contributed by atoms with Crippen molar-refractivity contribution in [3.8, 4) is 0 Å². The number of aliphatic hydroxyl groups excluding tert-OH is 1. The van der Waals surface area contributed by atoms with E-state index < -0.39 is 11.7 Å². The zero-order valence-corrected chi connectivity index (χ0v) is 11.0. The van der Waals surface area contributed by atoms with Gasteiger partial charge in [0.1, 0.15) is 11.6 Å². The summed E-state index contributed by atoms with van der Waals surface area (Å²) in [6.45, 7) is 0.615. The molecule has 0 bridgehead atoms. The maximum Gasteiger partial charge on any atom is 0.416 e. The van der Waals surface area contributed by atoms with Crippen molar-refractivity contribution in [2.45, 2.75) is 25.4 Å². The van der Waals surface area contributed by atoms with Gasteiger partial charge in [0.05, 0.1) is 5.56 Å². The summed E-state index contributed by atoms with van der Waals surface area (Å²) < 4.78 is 38.0. The molecular weight excluding hydrogens is 271 g/mol. The molecular formula is C13H18F3N3O. The summed E-state index contributed by atoms with van der Waals surface area (Å²) >= 11 is 0. The zero-order valence-electron chi connectivity index (χ0n) is 11.0. The highest BCUT2D eigenvalue weighted by molar-refractivity contribution is 5.47. The van der Waals surface area contributed by atoms with Gasteiger partial charge in [0.15, 0.2) is 0 Å². The van der Waals surface area contributed by atoms with Crippen molar-refractivity contribution < 1.29 is 18.3 Å². The Bertz CT molecular complexity index is 465. The molecule has 1 aromatic heterocycles. The van der Waals surface area contributed by atoms with Crippen LogP contribution in [-0.2, 0) is 6.18 Å². The molecule has 0 aromatic carbocycles. The smallest absolute Gasteiger partial charge is 0.396 e. The first kappa shape index (κ1) is 14.9. The van der Waals surface area contributed by atoms with Gasteiger partial charge in [-0.25, -0.2) is 4.98 Å². The van der Waals surface area contributed by atoms with E-state index in [9.17, 15) is 18.3 Å². The molecule has 1 aliphatic carbocycles. The van der Waals surface area contributed by atoms with Crippen molar-refractivity contribution in [1.29, 1.82) is 0 Å². The minimum Gasteiger partial charge on any atom is -0.396 e. The molecule has 1 fully saturated rings. The van der Waals surface area contributed by atoms with E-state index in [1.54, 1.807) is 0 Å². The first-order chi connectivity index (χ1) is 9.40. The maximum atomic E-state index is 12.7. The van der Waals surface area contributed by atoms with E-state index in [1.807, 2.05) is 0 Å². The van der Waals surface area contributed by atoms with Gasteiger partial charge in [-0.05, 0) is 36.8 Å². The molecule has 1 saturated carbocycles. The third kappa shape index (κ3) is 3.53. The number of nitrogen functional groups attached to an aromatic ring is 1. The number of hydrogen-bond acceptors (Lipinski definition) is 4. The Morgan fingerprint density at radius 3 is 2.65 bits per heavy atom. The molecule has 0 radical (unpaired) electrons. The average Bonchev–Trinajstić information content (AvgIpc) is 2.82. The van der Waals surface area contributed by atoms with Crippen molar-refractivity contribution in [3.63, 3.8) is 0 Å². The van der Waals surface area contributed by atoms with Crippen molar-refractivity contribution >= 4 is 11.6 Å². The molecule has 2 rings (SSSR count). The summed E-state index contributed by atoms with van der Waals surface area (Å²) in [5.41, 5.74) is 4.59. The van der Waals surface area contributed by atoms with Crippen LogP contribution in [0.2, 0.25) is 0 Å². The van der Waals surface area contributed by atoms with Crippen LogP contribution in [0.25, 0.3) is 0 Å². The molecule has 0 saturated heterocycles. The third-order valence-electron chi connectivity index (χ3n) is 3.77. The Morgan fingerprint density at radius 2 is 2.00 bits per heavy atom. The van der Waals surface area contributed by atoms with Gasteiger partial charge in [-0.2, -0.15) is 13.2 Å². The van der Waals surface area contributed by atoms with Crippen LogP contribution in [0.4, 0.5) is 24.8 Å². The van der Waals surface area contributed by atoms with Crippen LogP contribution in [0, 0.1) is 11.8 Å². The first-order valence-electron chi connectivity index (χ1n) is 6.59. The predicted molar refractivity (Wildman–Crippen MR) is 70.1 cm³/mol. The fraction of sp³-hybridized carbons (Fsp3) is 0.615. The highest BCUT2D eigenvalue weighted by Gasteiger charge is 2.32. The van der Waals surface area contributed by atoms with Crippen LogP contribution < -0.4 is 11.1 Å². The second kappa shape index (κ2) is 5.87. The van der Waals surface area contributed by atoms with Gasteiger partial charge >= 0.3 is 6.18 Å². The van der Waals surface area contributed by atoms with Crippen molar-refractivity contribution in [1.82, 2.24) is 4.98 Å². The van der Waals surface area contributed by atoms with Crippen LogP contribution in [0.1, 0.15) is 24.8 Å². The van der Waals surface area contributed by atoms with E-state index in [2.05, 4.69) is 10.3 Å². The fourth-order valence-electron chi connectivity index (χ4n) is 2.66. The van der Waals surface area contributed by atoms with Gasteiger partial charge < -0.3 is 16.2 Å². The van der Waals surface area contributed by atoms with Gasteiger partial charge in [0, 0.05) is 13.2 Å². The number of halogens is 3. The van der Waals surface area contributed by atoms with E-state index in [-0.39, 0.29) is 30.1 Å². The Kier molecular flexibility index (Phi) is 4.37. The number of nitrogens with two attached hydrogens (primary N) is 1. The molecule has 4 nitrogen and oxygen atoms in total. The highest BCUT2D eigenvalue weighted by Crippen LogP contribution is 2.33. The molecule has 0 spiro atoms. The molecule has 4 N–H and O–H groups in total. The van der Waals surface area contributed by atoms with Gasteiger partial charge in [-0.15, -0.1) is 0 Å². The number of anilines is 2. The van der Waals surface area contributed by atoms with Gasteiger partial charge in [-0.3, -0.25) is 0 Å². The molecule has 20 heavy (non-hydrogen) atoms. The lowest BCUT2D eigenvalue weighted by atomic mass is 9.97. The van der Waals surface area contributed by atoms with Gasteiger partial charge in [0.25, 0.3) is 0 Å². The highest BCUT2D eigenvalue weighted by atomic mass is 19.4. The molecule has 1 aliphatic rings. The second-order valence-electron chi connectivity index (χ2n) is 5.18. The zero-order chi connectivity index (χ0) is 14.8. The number of alkyl halides is 3. The van der Waals surface area contributed by atoms with Crippen LogP contribution >= 0.6 is 0 Å². The molecule has 0 amide bonds. The van der Waals surface area contributed by atoms with E-state index in [4.69, 9.17) is 5.73 Å². The summed E-state index contributed by atoms with van der Waals surface area (Å²) in [6, 6.07) is 1.77. The fourth-order valence-corrected chi connectivity index (χ4v) is 2.66. The molecule has 7 heteroatoms. The van der Waals surface area contributed by atoms with Crippen LogP contribution in [0.5, 0.6) is 0 Å². The Morgan fingerprint density at radius 1 is 1.30 bits per heavy atom. The Hall–Kier alpha value is -1.50. The van der Waals surface area contributed by atoms with Crippen molar-refractivity contribution in [2.75, 3.05) is 24.2 Å². The molecule has 0 aliphatic heterocycles. The van der Waals surface area contributed by atoms with Gasteiger partial charge in [0.2, 0.25) is 0 Å². The lowest BCUT2D eigenvalue weighted by Gasteiger charge is -2.18. The Balaban J connectivity index is 2.04.